The highest BCUT2D eigenvalue weighted by Crippen LogP contribution is 2.46. The quantitative estimate of drug-likeness (QED) is 0.150. The minimum Gasteiger partial charge on any atom is -0.455 e. The van der Waals surface area contributed by atoms with Crippen molar-refractivity contribution in [2.24, 2.45) is 0 Å². The van der Waals surface area contributed by atoms with E-state index in [1.165, 1.54) is 60.3 Å². The molecule has 12 rings (SSSR count). The number of furan rings is 1. The Kier molecular flexibility index (Phi) is 8.53. The fraction of sp³-hybridized carbons (Fsp3) is 0. The van der Waals surface area contributed by atoms with Crippen molar-refractivity contribution in [2.45, 2.75) is 0 Å². The van der Waals surface area contributed by atoms with Crippen LogP contribution in [0.3, 0.4) is 0 Å². The van der Waals surface area contributed by atoms with E-state index in [-0.39, 0.29) is 0 Å². The second kappa shape index (κ2) is 14.8. The third-order valence-electron chi connectivity index (χ3n) is 12.5. The standard InChI is InChI=1S/C60H39NO/c1-3-14-40(15-4-1)50-36-33-47(39-56(50)41-16-5-2-6-17-41)61(46-31-26-44(27-32-46)49-23-13-24-53-48-20-9-7-18-42(48)28-34-54(49)53)58-25-12-11-21-51(58)45-30-37-59-57(38-45)55-35-29-43-19-8-10-22-52(43)60(55)62-59/h1-39H. The van der Waals surface area contributed by atoms with Crippen molar-refractivity contribution in [3.8, 4) is 44.5 Å². The van der Waals surface area contributed by atoms with Crippen molar-refractivity contribution in [1.29, 1.82) is 0 Å². The number of hydrogen-bond donors (Lipinski definition) is 0. The van der Waals surface area contributed by atoms with Gasteiger partial charge in [0.1, 0.15) is 11.2 Å². The third-order valence-corrected chi connectivity index (χ3v) is 12.5. The lowest BCUT2D eigenvalue weighted by molar-refractivity contribution is 0.672. The third kappa shape index (κ3) is 6.04. The molecule has 0 aliphatic heterocycles. The lowest BCUT2D eigenvalue weighted by atomic mass is 9.93. The molecule has 1 heterocycles. The van der Waals surface area contributed by atoms with Crippen LogP contribution in [-0.4, -0.2) is 0 Å². The SMILES string of the molecule is c1ccc(-c2ccc(N(c3ccc(-c4cccc5c4ccc4ccccc45)cc3)c3ccccc3-c3ccc4oc5c6ccccc6ccc5c4c3)cc2-c2ccccc2)cc1. The molecule has 0 saturated heterocycles. The van der Waals surface area contributed by atoms with Gasteiger partial charge in [-0.2, -0.15) is 0 Å². The van der Waals surface area contributed by atoms with E-state index in [0.717, 1.165) is 55.5 Å². The molecule has 0 spiro atoms. The maximum atomic E-state index is 6.56. The van der Waals surface area contributed by atoms with Gasteiger partial charge in [-0.3, -0.25) is 0 Å². The molecule has 0 fully saturated rings. The van der Waals surface area contributed by atoms with E-state index in [0.29, 0.717) is 0 Å². The van der Waals surface area contributed by atoms with Gasteiger partial charge in [0.2, 0.25) is 0 Å². The van der Waals surface area contributed by atoms with E-state index in [9.17, 15) is 0 Å². The van der Waals surface area contributed by atoms with Gasteiger partial charge in [0.25, 0.3) is 0 Å². The van der Waals surface area contributed by atoms with Crippen molar-refractivity contribution >= 4 is 71.3 Å². The molecule has 0 unspecified atom stereocenters. The van der Waals surface area contributed by atoms with Gasteiger partial charge in [-0.15, -0.1) is 0 Å². The Morgan fingerprint density at radius 1 is 0.274 bits per heavy atom. The Hall–Kier alpha value is -8.20. The second-order valence-electron chi connectivity index (χ2n) is 16.0. The van der Waals surface area contributed by atoms with Crippen LogP contribution in [0.25, 0.3) is 98.8 Å². The molecule has 0 aliphatic carbocycles. The molecule has 0 radical (unpaired) electrons. The smallest absolute Gasteiger partial charge is 0.143 e. The number of rotatable bonds is 7. The van der Waals surface area contributed by atoms with Gasteiger partial charge < -0.3 is 9.32 Å². The zero-order valence-corrected chi connectivity index (χ0v) is 33.9. The summed E-state index contributed by atoms with van der Waals surface area (Å²) >= 11 is 0. The van der Waals surface area contributed by atoms with E-state index in [1.807, 2.05) is 0 Å². The van der Waals surface area contributed by atoms with E-state index < -0.39 is 0 Å². The van der Waals surface area contributed by atoms with Crippen molar-refractivity contribution in [2.75, 3.05) is 4.90 Å². The van der Waals surface area contributed by atoms with Gasteiger partial charge in [0.15, 0.2) is 0 Å². The van der Waals surface area contributed by atoms with Gasteiger partial charge in [0, 0.05) is 33.1 Å². The average Bonchev–Trinajstić information content (AvgIpc) is 3.73. The molecular formula is C60H39NO. The molecule has 62 heavy (non-hydrogen) atoms. The first kappa shape index (κ1) is 35.7. The molecule has 12 aromatic rings. The molecule has 2 nitrogen and oxygen atoms in total. The highest BCUT2D eigenvalue weighted by molar-refractivity contribution is 6.16. The molecule has 0 bridgehead atoms. The predicted molar refractivity (Wildman–Crippen MR) is 263 cm³/mol. The summed E-state index contributed by atoms with van der Waals surface area (Å²) in [7, 11) is 0. The van der Waals surface area contributed by atoms with Crippen LogP contribution in [0, 0.1) is 0 Å². The fourth-order valence-corrected chi connectivity index (χ4v) is 9.49. The van der Waals surface area contributed by atoms with Crippen LogP contribution in [0.15, 0.2) is 241 Å². The van der Waals surface area contributed by atoms with E-state index in [4.69, 9.17) is 4.42 Å². The summed E-state index contributed by atoms with van der Waals surface area (Å²) in [5.74, 6) is 0. The van der Waals surface area contributed by atoms with Crippen LogP contribution in [0.5, 0.6) is 0 Å². The topological polar surface area (TPSA) is 16.4 Å². The highest BCUT2D eigenvalue weighted by atomic mass is 16.3. The van der Waals surface area contributed by atoms with Crippen LogP contribution < -0.4 is 4.90 Å². The molecular weight excluding hydrogens is 751 g/mol. The van der Waals surface area contributed by atoms with Crippen molar-refractivity contribution in [3.63, 3.8) is 0 Å². The van der Waals surface area contributed by atoms with Gasteiger partial charge in [-0.1, -0.05) is 188 Å². The maximum absolute atomic E-state index is 6.56. The molecule has 1 aromatic heterocycles. The Labute approximate surface area is 360 Å². The molecule has 0 N–H and O–H groups in total. The van der Waals surface area contributed by atoms with Crippen LogP contribution in [0.4, 0.5) is 17.1 Å². The van der Waals surface area contributed by atoms with Crippen molar-refractivity contribution < 1.29 is 4.42 Å². The van der Waals surface area contributed by atoms with Crippen LogP contribution in [-0.2, 0) is 0 Å². The van der Waals surface area contributed by atoms with E-state index in [2.05, 4.69) is 241 Å². The largest absolute Gasteiger partial charge is 0.455 e. The monoisotopic (exact) mass is 789 g/mol. The first-order valence-corrected chi connectivity index (χ1v) is 21.2. The highest BCUT2D eigenvalue weighted by Gasteiger charge is 2.21. The number of fused-ring (bicyclic) bond motifs is 8. The minimum atomic E-state index is 0.885. The van der Waals surface area contributed by atoms with Crippen LogP contribution >= 0.6 is 0 Å². The number of para-hydroxylation sites is 1. The first-order chi connectivity index (χ1) is 30.7. The summed E-state index contributed by atoms with van der Waals surface area (Å²) in [5, 5.41) is 9.57. The summed E-state index contributed by atoms with van der Waals surface area (Å²) in [6.45, 7) is 0. The molecule has 0 amide bonds. The predicted octanol–water partition coefficient (Wildman–Crippen LogP) is 17.2. The van der Waals surface area contributed by atoms with Gasteiger partial charge in [-0.25, -0.2) is 0 Å². The fourth-order valence-electron chi connectivity index (χ4n) is 9.49. The number of anilines is 3. The molecule has 11 aromatic carbocycles. The molecule has 0 aliphatic rings. The van der Waals surface area contributed by atoms with E-state index in [1.54, 1.807) is 0 Å². The van der Waals surface area contributed by atoms with Crippen molar-refractivity contribution in [1.82, 2.24) is 0 Å². The Balaban J connectivity index is 1.05. The van der Waals surface area contributed by atoms with Crippen LogP contribution in [0.1, 0.15) is 0 Å². The zero-order chi connectivity index (χ0) is 41.0. The summed E-state index contributed by atoms with van der Waals surface area (Å²) in [6.07, 6.45) is 0. The van der Waals surface area contributed by atoms with Crippen LogP contribution in [0.2, 0.25) is 0 Å². The Morgan fingerprint density at radius 2 is 0.855 bits per heavy atom. The van der Waals surface area contributed by atoms with Crippen molar-refractivity contribution in [3.05, 3.63) is 237 Å². The summed E-state index contributed by atoms with van der Waals surface area (Å²) < 4.78 is 6.56. The summed E-state index contributed by atoms with van der Waals surface area (Å²) in [5.41, 5.74) is 14.4. The first-order valence-electron chi connectivity index (χ1n) is 21.2. The average molecular weight is 790 g/mol. The van der Waals surface area contributed by atoms with Gasteiger partial charge >= 0.3 is 0 Å². The molecule has 0 saturated carbocycles. The zero-order valence-electron chi connectivity index (χ0n) is 33.9. The Bertz CT molecular complexity index is 3620. The second-order valence-corrected chi connectivity index (χ2v) is 16.0. The van der Waals surface area contributed by atoms with Gasteiger partial charge in [-0.05, 0) is 114 Å². The number of hydrogen-bond acceptors (Lipinski definition) is 2. The van der Waals surface area contributed by atoms with Gasteiger partial charge in [0.05, 0.1) is 5.69 Å². The lowest BCUT2D eigenvalue weighted by Crippen LogP contribution is -2.11. The molecule has 0 atom stereocenters. The lowest BCUT2D eigenvalue weighted by Gasteiger charge is -2.29. The number of nitrogens with zero attached hydrogens (tertiary/aromatic N) is 1. The normalized spacial score (nSPS) is 11.5. The summed E-state index contributed by atoms with van der Waals surface area (Å²) in [6, 6.07) is 85.5. The maximum Gasteiger partial charge on any atom is 0.143 e. The Morgan fingerprint density at radius 3 is 1.65 bits per heavy atom. The molecule has 290 valence electrons. The molecule has 2 heteroatoms. The summed E-state index contributed by atoms with van der Waals surface area (Å²) in [4.78, 5) is 2.42. The number of benzene rings is 11. The van der Waals surface area contributed by atoms with E-state index >= 15 is 0 Å². The minimum absolute atomic E-state index is 0.885.